The number of nitrogens with one attached hydrogen (secondary N) is 1. The van der Waals surface area contributed by atoms with Gasteiger partial charge in [0.15, 0.2) is 0 Å². The Balaban J connectivity index is 1.77. The number of carboxylic acid groups (broad SMARTS) is 1. The molecule has 2 bridgehead atoms. The van der Waals surface area contributed by atoms with E-state index < -0.39 is 24.9 Å². The van der Waals surface area contributed by atoms with E-state index in [1.807, 2.05) is 0 Å². The molecule has 2 fully saturated rings. The Morgan fingerprint density at radius 2 is 2.00 bits per heavy atom. The molecule has 7 heteroatoms. The number of halogens is 2. The summed E-state index contributed by atoms with van der Waals surface area (Å²) in [7, 11) is 0. The maximum Gasteiger partial charge on any atom is 0.308 e. The zero-order valence-electron chi connectivity index (χ0n) is 11.1. The first-order valence-electron chi connectivity index (χ1n) is 6.87. The Labute approximate surface area is 115 Å². The molecule has 0 aromatic heterocycles. The number of alkyl halides is 2. The lowest BCUT2D eigenvalue weighted by atomic mass is 9.84. The van der Waals surface area contributed by atoms with Crippen molar-refractivity contribution in [3.63, 3.8) is 0 Å². The number of aliphatic carboxylic acids is 1. The molecule has 2 saturated carbocycles. The summed E-state index contributed by atoms with van der Waals surface area (Å²) >= 11 is 0. The predicted octanol–water partition coefficient (Wildman–Crippen LogP) is 1.27. The highest BCUT2D eigenvalue weighted by Crippen LogP contribution is 2.48. The fraction of sp³-hybridized carbons (Fsp3) is 0.846. The van der Waals surface area contributed by atoms with Gasteiger partial charge >= 0.3 is 5.97 Å². The smallest absolute Gasteiger partial charge is 0.308 e. The van der Waals surface area contributed by atoms with E-state index in [-0.39, 0.29) is 36.8 Å². The number of carbonyl (C=O) groups is 2. The number of ether oxygens (including phenoxy) is 1. The molecular formula is C13H19F2NO4. The van der Waals surface area contributed by atoms with Crippen LogP contribution in [0.5, 0.6) is 0 Å². The van der Waals surface area contributed by atoms with Crippen molar-refractivity contribution in [2.75, 3.05) is 13.2 Å². The normalized spacial score (nSPS) is 31.8. The van der Waals surface area contributed by atoms with Crippen LogP contribution in [0, 0.1) is 17.8 Å². The Hall–Kier alpha value is -1.24. The van der Waals surface area contributed by atoms with E-state index in [2.05, 4.69) is 10.1 Å². The quantitative estimate of drug-likeness (QED) is 0.693. The molecule has 114 valence electrons. The minimum Gasteiger partial charge on any atom is -0.481 e. The van der Waals surface area contributed by atoms with Crippen LogP contribution in [0.15, 0.2) is 0 Å². The molecule has 4 unspecified atom stereocenters. The van der Waals surface area contributed by atoms with E-state index in [0.717, 1.165) is 19.3 Å². The molecule has 20 heavy (non-hydrogen) atoms. The van der Waals surface area contributed by atoms with Crippen LogP contribution in [0.1, 0.15) is 25.7 Å². The van der Waals surface area contributed by atoms with Gasteiger partial charge in [-0.15, -0.1) is 0 Å². The number of amides is 1. The largest absolute Gasteiger partial charge is 0.481 e. The highest BCUT2D eigenvalue weighted by Gasteiger charge is 2.51. The summed E-state index contributed by atoms with van der Waals surface area (Å²) in [5, 5.41) is 12.0. The van der Waals surface area contributed by atoms with Crippen LogP contribution < -0.4 is 5.32 Å². The van der Waals surface area contributed by atoms with Crippen molar-refractivity contribution in [3.8, 4) is 0 Å². The third kappa shape index (κ3) is 3.45. The van der Waals surface area contributed by atoms with Crippen molar-refractivity contribution in [1.29, 1.82) is 0 Å². The van der Waals surface area contributed by atoms with E-state index in [1.165, 1.54) is 0 Å². The van der Waals surface area contributed by atoms with Crippen LogP contribution in [0.2, 0.25) is 0 Å². The summed E-state index contributed by atoms with van der Waals surface area (Å²) in [5.41, 5.74) is 0. The number of hydrogen-bond acceptors (Lipinski definition) is 3. The molecule has 0 radical (unpaired) electrons. The second kappa shape index (κ2) is 6.47. The standard InChI is InChI=1S/C13H19F2NO4/c14-9(15)6-20-4-3-10(17)16-12-8-2-1-7(5-8)11(12)13(18)19/h7-9,11-12H,1-6H2,(H,16,17)(H,18,19). The van der Waals surface area contributed by atoms with Crippen LogP contribution in [0.25, 0.3) is 0 Å². The van der Waals surface area contributed by atoms with Crippen molar-refractivity contribution in [3.05, 3.63) is 0 Å². The minimum atomic E-state index is -2.54. The molecule has 0 aromatic rings. The number of hydrogen-bond donors (Lipinski definition) is 2. The van der Waals surface area contributed by atoms with Crippen molar-refractivity contribution in [2.24, 2.45) is 17.8 Å². The van der Waals surface area contributed by atoms with E-state index >= 15 is 0 Å². The van der Waals surface area contributed by atoms with Crippen LogP contribution >= 0.6 is 0 Å². The van der Waals surface area contributed by atoms with Crippen LogP contribution in [-0.4, -0.2) is 42.7 Å². The molecule has 0 saturated heterocycles. The number of fused-ring (bicyclic) bond motifs is 2. The summed E-state index contributed by atoms with van der Waals surface area (Å²) < 4.78 is 28.3. The lowest BCUT2D eigenvalue weighted by molar-refractivity contribution is -0.144. The SMILES string of the molecule is O=C(CCOCC(F)F)NC1C2CCC(C2)C1C(=O)O. The topological polar surface area (TPSA) is 75.6 Å². The summed E-state index contributed by atoms with van der Waals surface area (Å²) in [6, 6.07) is -0.325. The average molecular weight is 291 g/mol. The maximum absolute atomic E-state index is 11.8. The molecule has 0 aromatic carbocycles. The highest BCUT2D eigenvalue weighted by molar-refractivity contribution is 5.78. The molecule has 4 atom stereocenters. The second-order valence-corrected chi connectivity index (χ2v) is 5.51. The summed E-state index contributed by atoms with van der Waals surface area (Å²) in [6.07, 6.45) is 0.142. The fourth-order valence-electron chi connectivity index (χ4n) is 3.45. The van der Waals surface area contributed by atoms with Crippen LogP contribution in [0.3, 0.4) is 0 Å². The van der Waals surface area contributed by atoms with Gasteiger partial charge < -0.3 is 15.2 Å². The number of carboxylic acids is 1. The van der Waals surface area contributed by atoms with Gasteiger partial charge in [-0.3, -0.25) is 9.59 Å². The first-order valence-corrected chi connectivity index (χ1v) is 6.87. The third-order valence-electron chi connectivity index (χ3n) is 4.25. The lowest BCUT2D eigenvalue weighted by Crippen LogP contribution is -2.47. The van der Waals surface area contributed by atoms with Crippen molar-refractivity contribution >= 4 is 11.9 Å². The van der Waals surface area contributed by atoms with Gasteiger partial charge in [0.05, 0.1) is 12.5 Å². The first-order chi connectivity index (χ1) is 9.49. The molecule has 2 rings (SSSR count). The molecule has 2 aliphatic rings. The van der Waals surface area contributed by atoms with E-state index in [4.69, 9.17) is 0 Å². The van der Waals surface area contributed by atoms with Gasteiger partial charge in [-0.1, -0.05) is 0 Å². The third-order valence-corrected chi connectivity index (χ3v) is 4.25. The monoisotopic (exact) mass is 291 g/mol. The van der Waals surface area contributed by atoms with Crippen molar-refractivity contribution in [2.45, 2.75) is 38.2 Å². The van der Waals surface area contributed by atoms with Gasteiger partial charge in [-0.05, 0) is 31.1 Å². The van der Waals surface area contributed by atoms with Crippen molar-refractivity contribution in [1.82, 2.24) is 5.32 Å². The van der Waals surface area contributed by atoms with Gasteiger partial charge in [0, 0.05) is 12.5 Å². The van der Waals surface area contributed by atoms with E-state index in [9.17, 15) is 23.5 Å². The zero-order chi connectivity index (χ0) is 14.7. The van der Waals surface area contributed by atoms with Gasteiger partial charge in [-0.25, -0.2) is 8.78 Å². The molecule has 1 amide bonds. The Morgan fingerprint density at radius 1 is 1.30 bits per heavy atom. The molecular weight excluding hydrogens is 272 g/mol. The maximum atomic E-state index is 11.8. The lowest BCUT2D eigenvalue weighted by Gasteiger charge is -2.28. The Kier molecular flexibility index (Phi) is 4.91. The van der Waals surface area contributed by atoms with Gasteiger partial charge in [-0.2, -0.15) is 0 Å². The molecule has 0 spiro atoms. The van der Waals surface area contributed by atoms with E-state index in [1.54, 1.807) is 0 Å². The summed E-state index contributed by atoms with van der Waals surface area (Å²) in [5.74, 6) is -1.33. The molecule has 2 aliphatic carbocycles. The summed E-state index contributed by atoms with van der Waals surface area (Å²) in [4.78, 5) is 23.0. The van der Waals surface area contributed by atoms with Crippen molar-refractivity contribution < 1.29 is 28.2 Å². The van der Waals surface area contributed by atoms with Gasteiger partial charge in [0.1, 0.15) is 6.61 Å². The van der Waals surface area contributed by atoms with Gasteiger partial charge in [0.2, 0.25) is 5.91 Å². The van der Waals surface area contributed by atoms with Crippen LogP contribution in [0.4, 0.5) is 8.78 Å². The Bertz CT molecular complexity index is 377. The second-order valence-electron chi connectivity index (χ2n) is 5.51. The predicted molar refractivity (Wildman–Crippen MR) is 65.3 cm³/mol. The highest BCUT2D eigenvalue weighted by atomic mass is 19.3. The average Bonchev–Trinajstić information content (AvgIpc) is 2.94. The zero-order valence-corrected chi connectivity index (χ0v) is 11.1. The van der Waals surface area contributed by atoms with Gasteiger partial charge in [0.25, 0.3) is 6.43 Å². The number of carbonyl (C=O) groups excluding carboxylic acids is 1. The molecule has 2 N–H and O–H groups in total. The first kappa shape index (κ1) is 15.2. The fourth-order valence-corrected chi connectivity index (χ4v) is 3.45. The molecule has 5 nitrogen and oxygen atoms in total. The summed E-state index contributed by atoms with van der Waals surface area (Å²) in [6.45, 7) is -0.756. The van der Waals surface area contributed by atoms with Crippen LogP contribution in [-0.2, 0) is 14.3 Å². The number of rotatable bonds is 7. The molecule has 0 aliphatic heterocycles. The minimum absolute atomic E-state index is 0.0209. The molecule has 0 heterocycles. The Morgan fingerprint density at radius 3 is 2.65 bits per heavy atom. The van der Waals surface area contributed by atoms with E-state index in [0.29, 0.717) is 0 Å².